The number of methoxy groups -OCH3 is 2. The zero-order valence-corrected chi connectivity index (χ0v) is 18.9. The van der Waals surface area contributed by atoms with Crippen LogP contribution >= 0.6 is 12.2 Å². The Morgan fingerprint density at radius 2 is 1.28 bits per heavy atom. The average molecular weight is 472 g/mol. The van der Waals surface area contributed by atoms with Gasteiger partial charge in [0.15, 0.2) is 5.11 Å². The third-order valence-corrected chi connectivity index (χ3v) is 5.95. The molecule has 0 atom stereocenters. The van der Waals surface area contributed by atoms with Crippen LogP contribution in [0.15, 0.2) is 77.7 Å². The van der Waals surface area contributed by atoms with Crippen molar-refractivity contribution in [3.8, 4) is 11.5 Å². The van der Waals surface area contributed by atoms with Crippen LogP contribution in [0, 0.1) is 0 Å². The van der Waals surface area contributed by atoms with Gasteiger partial charge in [0, 0.05) is 16.9 Å². The Bertz CT molecular complexity index is 1190. The summed E-state index contributed by atoms with van der Waals surface area (Å²) in [4.78, 5) is 12.3. The van der Waals surface area contributed by atoms with Gasteiger partial charge in [0.1, 0.15) is 11.5 Å². The molecule has 0 fully saturated rings. The molecule has 166 valence electrons. The first-order chi connectivity index (χ1) is 15.3. The Morgan fingerprint density at radius 3 is 1.81 bits per heavy atom. The largest absolute Gasteiger partial charge is 0.497 e. The van der Waals surface area contributed by atoms with E-state index in [2.05, 4.69) is 15.4 Å². The molecule has 3 aromatic rings. The van der Waals surface area contributed by atoms with Gasteiger partial charge in [0.2, 0.25) is 0 Å². The van der Waals surface area contributed by atoms with Gasteiger partial charge in [-0.1, -0.05) is 0 Å². The maximum absolute atomic E-state index is 12.6. The van der Waals surface area contributed by atoms with E-state index in [1.54, 1.807) is 67.8 Å². The summed E-state index contributed by atoms with van der Waals surface area (Å²) in [7, 11) is -0.696. The van der Waals surface area contributed by atoms with Gasteiger partial charge in [0.25, 0.3) is 15.9 Å². The number of hydrogen-bond acceptors (Lipinski definition) is 6. The topological polar surface area (TPSA) is 106 Å². The molecule has 10 heteroatoms. The minimum absolute atomic E-state index is 0.0760. The van der Waals surface area contributed by atoms with Crippen LogP contribution in [0.1, 0.15) is 10.4 Å². The number of anilines is 2. The molecule has 3 aromatic carbocycles. The highest BCUT2D eigenvalue weighted by atomic mass is 32.2. The molecule has 3 N–H and O–H groups in total. The van der Waals surface area contributed by atoms with Gasteiger partial charge in [-0.15, -0.1) is 0 Å². The van der Waals surface area contributed by atoms with E-state index in [0.717, 1.165) is 0 Å². The zero-order valence-electron chi connectivity index (χ0n) is 17.3. The van der Waals surface area contributed by atoms with E-state index in [4.69, 9.17) is 21.7 Å². The lowest BCUT2D eigenvalue weighted by molar-refractivity contribution is 0.0977. The van der Waals surface area contributed by atoms with Crippen molar-refractivity contribution in [2.45, 2.75) is 4.90 Å². The van der Waals surface area contributed by atoms with Crippen molar-refractivity contribution in [2.75, 3.05) is 24.3 Å². The third kappa shape index (κ3) is 5.96. The number of ether oxygens (including phenoxy) is 2. The molecule has 0 radical (unpaired) electrons. The van der Waals surface area contributed by atoms with E-state index < -0.39 is 10.0 Å². The van der Waals surface area contributed by atoms with E-state index in [1.807, 2.05) is 0 Å². The summed E-state index contributed by atoms with van der Waals surface area (Å²) >= 11 is 5.17. The van der Waals surface area contributed by atoms with Crippen molar-refractivity contribution < 1.29 is 22.7 Å². The maximum atomic E-state index is 12.6. The molecule has 0 spiro atoms. The number of rotatable bonds is 7. The lowest BCUT2D eigenvalue weighted by Gasteiger charge is -2.12. The molecular formula is C22H21N3O5S2. The van der Waals surface area contributed by atoms with Crippen LogP contribution in [0.4, 0.5) is 11.4 Å². The van der Waals surface area contributed by atoms with Gasteiger partial charge in [-0.3, -0.25) is 14.8 Å². The van der Waals surface area contributed by atoms with Crippen LogP contribution in [0.3, 0.4) is 0 Å². The Balaban J connectivity index is 1.60. The molecule has 32 heavy (non-hydrogen) atoms. The molecule has 0 aromatic heterocycles. The van der Waals surface area contributed by atoms with E-state index in [1.165, 1.54) is 19.2 Å². The monoisotopic (exact) mass is 471 g/mol. The first kappa shape index (κ1) is 23.0. The van der Waals surface area contributed by atoms with Gasteiger partial charge in [0.05, 0.1) is 19.1 Å². The Morgan fingerprint density at radius 1 is 0.781 bits per heavy atom. The van der Waals surface area contributed by atoms with Crippen molar-refractivity contribution in [1.82, 2.24) is 5.32 Å². The molecule has 0 aliphatic rings. The summed E-state index contributed by atoms with van der Waals surface area (Å²) in [5.74, 6) is 0.880. The minimum atomic E-state index is -3.77. The predicted octanol–water partition coefficient (Wildman–Crippen LogP) is 3.63. The fraction of sp³-hybridized carbons (Fsp3) is 0.0909. The molecular weight excluding hydrogens is 450 g/mol. The average Bonchev–Trinajstić information content (AvgIpc) is 2.79. The summed E-state index contributed by atoms with van der Waals surface area (Å²) in [5, 5.41) is 5.50. The highest BCUT2D eigenvalue weighted by Gasteiger charge is 2.15. The lowest BCUT2D eigenvalue weighted by atomic mass is 10.2. The predicted molar refractivity (Wildman–Crippen MR) is 127 cm³/mol. The summed E-state index contributed by atoms with van der Waals surface area (Å²) in [6, 6.07) is 19.1. The molecule has 3 rings (SSSR count). The van der Waals surface area contributed by atoms with E-state index >= 15 is 0 Å². The zero-order chi connectivity index (χ0) is 23.1. The smallest absolute Gasteiger partial charge is 0.261 e. The van der Waals surface area contributed by atoms with E-state index in [9.17, 15) is 13.2 Å². The van der Waals surface area contributed by atoms with E-state index in [-0.39, 0.29) is 15.9 Å². The third-order valence-electron chi connectivity index (χ3n) is 4.34. The van der Waals surface area contributed by atoms with Crippen LogP contribution in [-0.2, 0) is 10.0 Å². The second kappa shape index (κ2) is 10.1. The maximum Gasteiger partial charge on any atom is 0.261 e. The lowest BCUT2D eigenvalue weighted by Crippen LogP contribution is -2.34. The molecule has 1 amide bonds. The molecule has 0 saturated heterocycles. The molecule has 0 saturated carbocycles. The standard InChI is InChI=1S/C22H21N3O5S2/c1-29-18-9-3-15(4-10-18)21(26)24-22(31)23-16-7-13-20(14-8-16)32(27,28)25-17-5-11-19(30-2)12-6-17/h3-14,25H,1-2H3,(H2,23,24,26,31). The first-order valence-corrected chi connectivity index (χ1v) is 11.2. The number of amides is 1. The summed E-state index contributed by atoms with van der Waals surface area (Å²) in [6.07, 6.45) is 0. The first-order valence-electron chi connectivity index (χ1n) is 9.34. The van der Waals surface area contributed by atoms with Crippen molar-refractivity contribution in [3.63, 3.8) is 0 Å². The van der Waals surface area contributed by atoms with Gasteiger partial charge < -0.3 is 14.8 Å². The molecule has 8 nitrogen and oxygen atoms in total. The molecule has 0 unspecified atom stereocenters. The van der Waals surface area contributed by atoms with Gasteiger partial charge >= 0.3 is 0 Å². The van der Waals surface area contributed by atoms with Crippen LogP contribution in [0.2, 0.25) is 0 Å². The summed E-state index contributed by atoms with van der Waals surface area (Å²) in [6.45, 7) is 0. The van der Waals surface area contributed by atoms with Crippen molar-refractivity contribution in [3.05, 3.63) is 78.4 Å². The van der Waals surface area contributed by atoms with Crippen LogP contribution < -0.4 is 24.8 Å². The fourth-order valence-corrected chi connectivity index (χ4v) is 3.94. The Hall–Kier alpha value is -3.63. The van der Waals surface area contributed by atoms with Crippen LogP contribution in [-0.4, -0.2) is 33.7 Å². The van der Waals surface area contributed by atoms with Gasteiger partial charge in [-0.05, 0) is 85.0 Å². The highest BCUT2D eigenvalue weighted by Crippen LogP contribution is 2.20. The number of carbonyl (C=O) groups is 1. The summed E-state index contributed by atoms with van der Waals surface area (Å²) < 4.78 is 37.8. The van der Waals surface area contributed by atoms with Crippen molar-refractivity contribution in [2.24, 2.45) is 0 Å². The van der Waals surface area contributed by atoms with E-state index in [0.29, 0.717) is 28.4 Å². The second-order valence-electron chi connectivity index (χ2n) is 6.50. The highest BCUT2D eigenvalue weighted by molar-refractivity contribution is 7.92. The normalized spacial score (nSPS) is 10.7. The Kier molecular flexibility index (Phi) is 7.29. The van der Waals surface area contributed by atoms with Gasteiger partial charge in [-0.25, -0.2) is 8.42 Å². The van der Waals surface area contributed by atoms with Crippen molar-refractivity contribution >= 4 is 44.6 Å². The minimum Gasteiger partial charge on any atom is -0.497 e. The number of benzene rings is 3. The quantitative estimate of drug-likeness (QED) is 0.452. The fourth-order valence-electron chi connectivity index (χ4n) is 2.67. The van der Waals surface area contributed by atoms with Crippen LogP contribution in [0.5, 0.6) is 11.5 Å². The summed E-state index contributed by atoms with van der Waals surface area (Å²) in [5.41, 5.74) is 1.35. The van der Waals surface area contributed by atoms with Gasteiger partial charge in [-0.2, -0.15) is 0 Å². The number of thiocarbonyl (C=S) groups is 1. The van der Waals surface area contributed by atoms with Crippen molar-refractivity contribution in [1.29, 1.82) is 0 Å². The molecule has 0 aliphatic heterocycles. The van der Waals surface area contributed by atoms with Crippen LogP contribution in [0.25, 0.3) is 0 Å². The number of nitrogens with one attached hydrogen (secondary N) is 3. The number of hydrogen-bond donors (Lipinski definition) is 3. The number of carbonyl (C=O) groups excluding carboxylic acids is 1. The second-order valence-corrected chi connectivity index (χ2v) is 8.59. The molecule has 0 aliphatic carbocycles. The Labute approximate surface area is 191 Å². The SMILES string of the molecule is COc1ccc(NS(=O)(=O)c2ccc(NC(=S)NC(=O)c3ccc(OC)cc3)cc2)cc1. The number of sulfonamides is 1. The molecule has 0 heterocycles. The molecule has 0 bridgehead atoms.